The number of rotatable bonds is 9. The molecule has 0 saturated heterocycles. The van der Waals surface area contributed by atoms with Gasteiger partial charge in [-0.3, -0.25) is 4.99 Å². The summed E-state index contributed by atoms with van der Waals surface area (Å²) in [5.41, 5.74) is 0.580. The van der Waals surface area contributed by atoms with Crippen molar-refractivity contribution >= 4 is 36.0 Å². The summed E-state index contributed by atoms with van der Waals surface area (Å²) in [6, 6.07) is 9.88. The summed E-state index contributed by atoms with van der Waals surface area (Å²) in [6.07, 6.45) is 0.336. The molecule has 0 aliphatic heterocycles. The minimum atomic E-state index is -0.491. The Bertz CT molecular complexity index is 577. The van der Waals surface area contributed by atoms with Crippen molar-refractivity contribution in [2.45, 2.75) is 45.6 Å². The summed E-state index contributed by atoms with van der Waals surface area (Å²) in [7, 11) is 0. The molecule has 0 spiro atoms. The van der Waals surface area contributed by atoms with Crippen LogP contribution in [0.5, 0.6) is 0 Å². The van der Waals surface area contributed by atoms with Crippen LogP contribution in [0.1, 0.15) is 45.6 Å². The summed E-state index contributed by atoms with van der Waals surface area (Å²) in [6.45, 7) is 9.98. The lowest BCUT2D eigenvalue weighted by Gasteiger charge is -2.19. The normalized spacial score (nSPS) is 12.5. The second-order valence-corrected chi connectivity index (χ2v) is 7.22. The number of aliphatic imine (C=N–C) groups is 1. The number of halogens is 1. The van der Waals surface area contributed by atoms with E-state index in [1.54, 1.807) is 0 Å². The Balaban J connectivity index is 0.00000729. The number of amides is 1. The van der Waals surface area contributed by atoms with Gasteiger partial charge < -0.3 is 25.8 Å². The van der Waals surface area contributed by atoms with Crippen LogP contribution in [-0.4, -0.2) is 55.5 Å². The highest BCUT2D eigenvalue weighted by atomic mass is 127. The van der Waals surface area contributed by atoms with Gasteiger partial charge in [0.2, 0.25) is 0 Å². The monoisotopic (exact) mass is 506 g/mol. The van der Waals surface area contributed by atoms with Gasteiger partial charge >= 0.3 is 6.09 Å². The van der Waals surface area contributed by atoms with Gasteiger partial charge in [-0.25, -0.2) is 4.79 Å². The van der Waals surface area contributed by atoms with Crippen molar-refractivity contribution in [1.82, 2.24) is 16.0 Å². The first-order chi connectivity index (χ1) is 12.9. The number of hydrogen-bond donors (Lipinski definition) is 4. The van der Waals surface area contributed by atoms with Crippen LogP contribution in [0.3, 0.4) is 0 Å². The predicted molar refractivity (Wildman–Crippen MR) is 125 cm³/mol. The second-order valence-electron chi connectivity index (χ2n) is 7.22. The molecule has 0 aliphatic rings. The molecule has 0 radical (unpaired) electrons. The van der Waals surface area contributed by atoms with Crippen LogP contribution in [-0.2, 0) is 4.74 Å². The van der Waals surface area contributed by atoms with Crippen molar-refractivity contribution in [3.63, 3.8) is 0 Å². The van der Waals surface area contributed by atoms with Gasteiger partial charge in [0.25, 0.3) is 0 Å². The van der Waals surface area contributed by atoms with Gasteiger partial charge in [-0.15, -0.1) is 24.0 Å². The zero-order valence-corrected chi connectivity index (χ0v) is 19.7. The zero-order chi connectivity index (χ0) is 20.1. The molecule has 0 aliphatic carbocycles. The van der Waals surface area contributed by atoms with Crippen LogP contribution in [0.4, 0.5) is 4.79 Å². The highest BCUT2D eigenvalue weighted by Crippen LogP contribution is 2.14. The quantitative estimate of drug-likeness (QED) is 0.179. The Morgan fingerprint density at radius 3 is 2.36 bits per heavy atom. The Kier molecular flexibility index (Phi) is 13.6. The molecule has 1 unspecified atom stereocenters. The van der Waals surface area contributed by atoms with Crippen molar-refractivity contribution in [3.05, 3.63) is 35.9 Å². The number of carbonyl (C=O) groups excluding carboxylic acids is 1. The number of nitrogens with zero attached hydrogens (tertiary/aromatic N) is 1. The lowest BCUT2D eigenvalue weighted by Crippen LogP contribution is -2.39. The molecule has 4 N–H and O–H groups in total. The minimum absolute atomic E-state index is 0. The third kappa shape index (κ3) is 12.0. The predicted octanol–water partition coefficient (Wildman–Crippen LogP) is 2.85. The maximum atomic E-state index is 11.6. The minimum Gasteiger partial charge on any atom is -0.444 e. The summed E-state index contributed by atoms with van der Waals surface area (Å²) < 4.78 is 5.19. The van der Waals surface area contributed by atoms with Crippen molar-refractivity contribution in [2.75, 3.05) is 32.8 Å². The fourth-order valence-electron chi connectivity index (χ4n) is 2.34. The molecule has 0 fully saturated rings. The van der Waals surface area contributed by atoms with E-state index in [9.17, 15) is 9.90 Å². The van der Waals surface area contributed by atoms with Gasteiger partial charge in [0.1, 0.15) is 5.60 Å². The number of nitrogens with one attached hydrogen (secondary N) is 3. The van der Waals surface area contributed by atoms with E-state index in [0.717, 1.165) is 18.5 Å². The molecule has 0 bridgehead atoms. The van der Waals surface area contributed by atoms with Crippen LogP contribution in [0.25, 0.3) is 0 Å². The number of benzene rings is 1. The molecule has 0 heterocycles. The maximum Gasteiger partial charge on any atom is 0.407 e. The highest BCUT2D eigenvalue weighted by Gasteiger charge is 2.15. The standard InChI is InChI=1S/C20H34N4O3.HI/c1-5-21-18(22-12-9-13-23-19(26)27-20(2,3)4)24-14-17(15-25)16-10-7-6-8-11-16;/h6-8,10-11,17,25H,5,9,12-15H2,1-4H3,(H,23,26)(H2,21,22,24);1H. The van der Waals surface area contributed by atoms with Gasteiger partial charge in [-0.2, -0.15) is 0 Å². The molecule has 160 valence electrons. The van der Waals surface area contributed by atoms with Gasteiger partial charge in [-0.05, 0) is 39.7 Å². The van der Waals surface area contributed by atoms with E-state index in [-0.39, 0.29) is 36.5 Å². The van der Waals surface area contributed by atoms with Crippen LogP contribution >= 0.6 is 24.0 Å². The average Bonchev–Trinajstić information content (AvgIpc) is 2.61. The summed E-state index contributed by atoms with van der Waals surface area (Å²) in [5.74, 6) is 0.666. The molecule has 28 heavy (non-hydrogen) atoms. The molecule has 0 aromatic heterocycles. The first-order valence-electron chi connectivity index (χ1n) is 9.50. The Hall–Kier alpha value is -1.55. The molecule has 0 saturated carbocycles. The van der Waals surface area contributed by atoms with E-state index < -0.39 is 11.7 Å². The van der Waals surface area contributed by atoms with Crippen LogP contribution in [0, 0.1) is 0 Å². The van der Waals surface area contributed by atoms with E-state index in [4.69, 9.17) is 4.74 Å². The molecule has 8 heteroatoms. The lowest BCUT2D eigenvalue weighted by molar-refractivity contribution is 0.0527. The molecule has 1 amide bonds. The van der Waals surface area contributed by atoms with Crippen LogP contribution in [0.15, 0.2) is 35.3 Å². The van der Waals surface area contributed by atoms with E-state index >= 15 is 0 Å². The highest BCUT2D eigenvalue weighted by molar-refractivity contribution is 14.0. The SMILES string of the molecule is CCNC(=NCC(CO)c1ccccc1)NCCCNC(=O)OC(C)(C)C.I. The number of aliphatic hydroxyl groups excluding tert-OH is 1. The molecule has 1 aromatic rings. The van der Waals surface area contributed by atoms with Crippen molar-refractivity contribution in [3.8, 4) is 0 Å². The summed E-state index contributed by atoms with van der Waals surface area (Å²) in [4.78, 5) is 16.2. The van der Waals surface area contributed by atoms with Gasteiger partial charge in [0.05, 0.1) is 13.2 Å². The van der Waals surface area contributed by atoms with Crippen LogP contribution in [0.2, 0.25) is 0 Å². The Morgan fingerprint density at radius 1 is 1.14 bits per heavy atom. The zero-order valence-electron chi connectivity index (χ0n) is 17.3. The second kappa shape index (κ2) is 14.4. The van der Waals surface area contributed by atoms with E-state index in [2.05, 4.69) is 20.9 Å². The van der Waals surface area contributed by atoms with Gasteiger partial charge in [0.15, 0.2) is 5.96 Å². The molecule has 1 aromatic carbocycles. The van der Waals surface area contributed by atoms with E-state index in [1.807, 2.05) is 58.0 Å². The number of ether oxygens (including phenoxy) is 1. The van der Waals surface area contributed by atoms with Crippen molar-refractivity contribution in [1.29, 1.82) is 0 Å². The molecular formula is C20H35IN4O3. The van der Waals surface area contributed by atoms with Crippen LogP contribution < -0.4 is 16.0 Å². The van der Waals surface area contributed by atoms with Gasteiger partial charge in [0, 0.05) is 25.6 Å². The fraction of sp³-hybridized carbons (Fsp3) is 0.600. The summed E-state index contributed by atoms with van der Waals surface area (Å²) in [5, 5.41) is 18.8. The van der Waals surface area contributed by atoms with Crippen molar-refractivity contribution in [2.24, 2.45) is 4.99 Å². The lowest BCUT2D eigenvalue weighted by atomic mass is 10.0. The first kappa shape index (κ1) is 26.4. The number of hydrogen-bond acceptors (Lipinski definition) is 4. The molecular weight excluding hydrogens is 471 g/mol. The Labute approximate surface area is 185 Å². The number of carbonyl (C=O) groups is 1. The third-order valence-corrected chi connectivity index (χ3v) is 3.62. The molecule has 1 rings (SSSR count). The Morgan fingerprint density at radius 2 is 1.79 bits per heavy atom. The van der Waals surface area contributed by atoms with E-state index in [1.165, 1.54) is 0 Å². The van der Waals surface area contributed by atoms with Gasteiger partial charge in [-0.1, -0.05) is 30.3 Å². The maximum absolute atomic E-state index is 11.6. The average molecular weight is 506 g/mol. The molecule has 1 atom stereocenters. The summed E-state index contributed by atoms with van der Waals surface area (Å²) >= 11 is 0. The number of aliphatic hydroxyl groups is 1. The first-order valence-corrected chi connectivity index (χ1v) is 9.50. The number of guanidine groups is 1. The van der Waals surface area contributed by atoms with E-state index in [0.29, 0.717) is 25.6 Å². The topological polar surface area (TPSA) is 95.0 Å². The fourth-order valence-corrected chi connectivity index (χ4v) is 2.34. The molecule has 7 nitrogen and oxygen atoms in total. The van der Waals surface area contributed by atoms with Crippen molar-refractivity contribution < 1.29 is 14.6 Å². The number of alkyl carbamates (subject to hydrolysis) is 1. The third-order valence-electron chi connectivity index (χ3n) is 3.62. The largest absolute Gasteiger partial charge is 0.444 e. The smallest absolute Gasteiger partial charge is 0.407 e.